The van der Waals surface area contributed by atoms with E-state index in [0.29, 0.717) is 0 Å². The first-order chi connectivity index (χ1) is 12.9. The summed E-state index contributed by atoms with van der Waals surface area (Å²) in [6.07, 6.45) is 4.86. The van der Waals surface area contributed by atoms with Crippen molar-refractivity contribution in [3.05, 3.63) is 64.8 Å². The number of nitrogens with one attached hydrogen (secondary N) is 1. The van der Waals surface area contributed by atoms with E-state index in [1.807, 2.05) is 24.3 Å². The highest BCUT2D eigenvalue weighted by molar-refractivity contribution is 7.76. The molecule has 3 aromatic rings. The minimum atomic E-state index is -2.36. The maximum Gasteiger partial charge on any atom is 0.0867 e. The van der Waals surface area contributed by atoms with E-state index in [9.17, 15) is 0 Å². The second-order valence-electron chi connectivity index (χ2n) is 5.99. The number of aromatic nitrogens is 1. The molecule has 0 aliphatic rings. The molecule has 1 atom stereocenters. The van der Waals surface area contributed by atoms with Crippen LogP contribution in [-0.4, -0.2) is 26.2 Å². The Morgan fingerprint density at radius 3 is 2.78 bits per heavy atom. The molecule has 0 radical (unpaired) electrons. The second kappa shape index (κ2) is 10.2. The third-order valence-corrected chi connectivity index (χ3v) is 4.12. The molecule has 2 aromatic carbocycles. The van der Waals surface area contributed by atoms with Gasteiger partial charge in [-0.15, -0.1) is 0 Å². The van der Waals surface area contributed by atoms with Crippen molar-refractivity contribution in [3.63, 3.8) is 0 Å². The highest BCUT2D eigenvalue weighted by Crippen LogP contribution is 2.22. The monoisotopic (exact) mass is 405 g/mol. The van der Waals surface area contributed by atoms with Crippen molar-refractivity contribution in [1.82, 2.24) is 4.57 Å². The van der Waals surface area contributed by atoms with Crippen LogP contribution in [0, 0.1) is 6.92 Å². The van der Waals surface area contributed by atoms with Gasteiger partial charge in [-0.05, 0) is 49.2 Å². The highest BCUT2D eigenvalue weighted by Gasteiger charge is 2.05. The molecule has 3 rings (SSSR count). The molecular weight excluding hydrogens is 384 g/mol. The molecule has 0 saturated carbocycles. The molecule has 1 unspecified atom stereocenters. The summed E-state index contributed by atoms with van der Waals surface area (Å²) in [5, 5.41) is 9.21. The van der Waals surface area contributed by atoms with Gasteiger partial charge in [-0.2, -0.15) is 0 Å². The lowest BCUT2D eigenvalue weighted by atomic mass is 10.1. The first kappa shape index (κ1) is 21.1. The van der Waals surface area contributed by atoms with Crippen molar-refractivity contribution in [2.24, 2.45) is 17.2 Å². The molecule has 0 bridgehead atoms. The summed E-state index contributed by atoms with van der Waals surface area (Å²) in [5.41, 5.74) is 4.84. The van der Waals surface area contributed by atoms with Gasteiger partial charge in [0.25, 0.3) is 0 Å². The zero-order chi connectivity index (χ0) is 19.8. The Kier molecular flexibility index (Phi) is 7.99. The van der Waals surface area contributed by atoms with Crippen LogP contribution in [0.25, 0.3) is 10.9 Å². The van der Waals surface area contributed by atoms with E-state index < -0.39 is 11.3 Å². The quantitative estimate of drug-likeness (QED) is 0.386. The molecule has 0 fully saturated rings. The van der Waals surface area contributed by atoms with Crippen molar-refractivity contribution >= 4 is 45.8 Å². The fourth-order valence-electron chi connectivity index (χ4n) is 2.73. The number of fused-ring (bicyclic) bond motifs is 1. The number of halogens is 1. The van der Waals surface area contributed by atoms with Crippen LogP contribution in [0.1, 0.15) is 11.1 Å². The van der Waals surface area contributed by atoms with Gasteiger partial charge in [0.05, 0.1) is 6.34 Å². The standard InChI is InChI=1S/C19H20ClN3.H3NO2S/c1-14-6-7-19-18(10-14)15(12-23(19)2)8-9-21-13-22-17-5-3-4-16(20)11-17;1-4(2)3/h3-7,10-13H,8-9H2,1-2H3,(H,21,22);1H2,(H,2,3)/p-1. The number of aliphatic imine (C=N–C) groups is 1. The summed E-state index contributed by atoms with van der Waals surface area (Å²) in [7, 11) is 2.09. The molecule has 0 aliphatic carbocycles. The predicted octanol–water partition coefficient (Wildman–Crippen LogP) is 3.56. The maximum atomic E-state index is 8.78. The average molecular weight is 406 g/mol. The van der Waals surface area contributed by atoms with Crippen molar-refractivity contribution in [1.29, 1.82) is 0 Å². The van der Waals surface area contributed by atoms with Gasteiger partial charge in [0.1, 0.15) is 0 Å². The number of nitrogens with zero attached hydrogens (tertiary/aromatic N) is 2. The van der Waals surface area contributed by atoms with E-state index in [1.165, 1.54) is 22.0 Å². The first-order valence-corrected chi connectivity index (χ1v) is 9.77. The van der Waals surface area contributed by atoms with Crippen molar-refractivity contribution in [2.45, 2.75) is 13.3 Å². The van der Waals surface area contributed by atoms with Gasteiger partial charge in [-0.1, -0.05) is 29.3 Å². The van der Waals surface area contributed by atoms with Crippen LogP contribution in [0.3, 0.4) is 0 Å². The summed E-state index contributed by atoms with van der Waals surface area (Å²) in [6, 6.07) is 14.2. The van der Waals surface area contributed by atoms with Crippen molar-refractivity contribution in [2.75, 3.05) is 11.9 Å². The lowest BCUT2D eigenvalue weighted by molar-refractivity contribution is 0.539. The normalized spacial score (nSPS) is 12.0. The van der Waals surface area contributed by atoms with Gasteiger partial charge in [-0.25, -0.2) is 0 Å². The number of anilines is 1. The summed E-state index contributed by atoms with van der Waals surface area (Å²) < 4.78 is 19.7. The molecular formula is C19H22ClN4O2S-. The summed E-state index contributed by atoms with van der Waals surface area (Å²) in [5.74, 6) is 0. The largest absolute Gasteiger partial charge is 0.760 e. The maximum absolute atomic E-state index is 8.78. The van der Waals surface area contributed by atoms with Gasteiger partial charge < -0.3 is 14.4 Å². The first-order valence-electron chi connectivity index (χ1n) is 8.25. The zero-order valence-electron chi connectivity index (χ0n) is 15.2. The Balaban J connectivity index is 0.000000596. The number of benzene rings is 2. The van der Waals surface area contributed by atoms with Crippen LogP contribution in [0.15, 0.2) is 53.7 Å². The van der Waals surface area contributed by atoms with Crippen LogP contribution in [-0.2, 0) is 24.7 Å². The third-order valence-electron chi connectivity index (χ3n) is 3.88. The Labute approximate surface area is 166 Å². The predicted molar refractivity (Wildman–Crippen MR) is 113 cm³/mol. The van der Waals surface area contributed by atoms with Crippen LogP contribution in [0.2, 0.25) is 5.02 Å². The second-order valence-corrected chi connectivity index (χ2v) is 6.94. The molecule has 0 amide bonds. The van der Waals surface area contributed by atoms with Crippen LogP contribution in [0.4, 0.5) is 5.69 Å². The fraction of sp³-hybridized carbons (Fsp3) is 0.211. The summed E-state index contributed by atoms with van der Waals surface area (Å²) >= 11 is 3.59. The molecule has 0 aliphatic heterocycles. The highest BCUT2D eigenvalue weighted by atomic mass is 35.5. The van der Waals surface area contributed by atoms with E-state index in [0.717, 1.165) is 23.7 Å². The number of nitrogens with two attached hydrogens (primary N) is 1. The zero-order valence-corrected chi connectivity index (χ0v) is 16.8. The van der Waals surface area contributed by atoms with Crippen LogP contribution < -0.4 is 10.5 Å². The molecule has 1 aromatic heterocycles. The third kappa shape index (κ3) is 6.80. The Bertz CT molecular complexity index is 952. The SMILES string of the molecule is Cc1ccc2c(c1)c(CCN=CNc1cccc(Cl)c1)cn2C.NS(=O)[O-]. The number of hydrogen-bond acceptors (Lipinski definition) is 3. The van der Waals surface area contributed by atoms with Gasteiger partial charge in [0, 0.05) is 52.7 Å². The van der Waals surface area contributed by atoms with Gasteiger partial charge in [0.15, 0.2) is 0 Å². The Hall–Kier alpha value is -2.19. The van der Waals surface area contributed by atoms with E-state index in [1.54, 1.807) is 6.34 Å². The van der Waals surface area contributed by atoms with Crippen LogP contribution >= 0.6 is 11.6 Å². The van der Waals surface area contributed by atoms with Crippen molar-refractivity contribution < 1.29 is 8.76 Å². The molecule has 0 saturated heterocycles. The summed E-state index contributed by atoms with van der Waals surface area (Å²) in [6.45, 7) is 2.88. The van der Waals surface area contributed by atoms with E-state index in [-0.39, 0.29) is 0 Å². The molecule has 6 nitrogen and oxygen atoms in total. The van der Waals surface area contributed by atoms with Crippen molar-refractivity contribution in [3.8, 4) is 0 Å². The molecule has 3 N–H and O–H groups in total. The number of rotatable bonds is 5. The molecule has 1 heterocycles. The number of hydrogen-bond donors (Lipinski definition) is 2. The summed E-state index contributed by atoms with van der Waals surface area (Å²) in [4.78, 5) is 4.44. The van der Waals surface area contributed by atoms with Gasteiger partial charge in [-0.3, -0.25) is 14.3 Å². The lowest BCUT2D eigenvalue weighted by Crippen LogP contribution is -1.97. The fourth-order valence-corrected chi connectivity index (χ4v) is 2.92. The minimum absolute atomic E-state index is 0.717. The van der Waals surface area contributed by atoms with E-state index >= 15 is 0 Å². The van der Waals surface area contributed by atoms with Gasteiger partial charge >= 0.3 is 0 Å². The average Bonchev–Trinajstić information content (AvgIpc) is 2.89. The molecule has 144 valence electrons. The Morgan fingerprint density at radius 1 is 1.33 bits per heavy atom. The topological polar surface area (TPSA) is 95.5 Å². The van der Waals surface area contributed by atoms with Gasteiger partial charge in [0.2, 0.25) is 0 Å². The van der Waals surface area contributed by atoms with E-state index in [2.05, 4.69) is 58.4 Å². The number of aryl methyl sites for hydroxylation is 2. The van der Waals surface area contributed by atoms with E-state index in [4.69, 9.17) is 20.4 Å². The molecule has 8 heteroatoms. The molecule has 0 spiro atoms. The smallest absolute Gasteiger partial charge is 0.0867 e. The minimum Gasteiger partial charge on any atom is -0.760 e. The van der Waals surface area contributed by atoms with Crippen LogP contribution in [0.5, 0.6) is 0 Å². The Morgan fingerprint density at radius 2 is 2.07 bits per heavy atom. The molecule has 27 heavy (non-hydrogen) atoms. The lowest BCUT2D eigenvalue weighted by Gasteiger charge is -2.00.